The third kappa shape index (κ3) is 2.01. The molecule has 5 nitrogen and oxygen atoms in total. The van der Waals surface area contributed by atoms with Crippen LogP contribution in [0.1, 0.15) is 12.5 Å². The van der Waals surface area contributed by atoms with Crippen LogP contribution in [0, 0.1) is 0 Å². The SMILES string of the molecule is Brc1cnn(C2CCN(c3ncnc4ccsc34)C2)c1. The monoisotopic (exact) mass is 349 g/mol. The molecule has 0 amide bonds. The maximum Gasteiger partial charge on any atom is 0.150 e. The number of hydrogen-bond acceptors (Lipinski definition) is 5. The van der Waals surface area contributed by atoms with E-state index >= 15 is 0 Å². The van der Waals surface area contributed by atoms with Crippen molar-refractivity contribution < 1.29 is 0 Å². The first kappa shape index (κ1) is 12.3. The lowest BCUT2D eigenvalue weighted by Crippen LogP contribution is -2.22. The van der Waals surface area contributed by atoms with Crippen molar-refractivity contribution in [2.75, 3.05) is 18.0 Å². The lowest BCUT2D eigenvalue weighted by Gasteiger charge is -2.17. The van der Waals surface area contributed by atoms with Crippen LogP contribution in [-0.2, 0) is 0 Å². The van der Waals surface area contributed by atoms with E-state index in [0.29, 0.717) is 6.04 Å². The second kappa shape index (κ2) is 4.82. The average molecular weight is 350 g/mol. The van der Waals surface area contributed by atoms with Crippen molar-refractivity contribution in [1.82, 2.24) is 19.7 Å². The Balaban J connectivity index is 1.63. The van der Waals surface area contributed by atoms with Crippen molar-refractivity contribution in [2.45, 2.75) is 12.5 Å². The van der Waals surface area contributed by atoms with Crippen LogP contribution in [0.25, 0.3) is 10.2 Å². The molecule has 102 valence electrons. The molecule has 0 aliphatic carbocycles. The zero-order valence-electron chi connectivity index (χ0n) is 10.6. The molecule has 0 N–H and O–H groups in total. The molecule has 1 saturated heterocycles. The van der Waals surface area contributed by atoms with E-state index in [-0.39, 0.29) is 0 Å². The smallest absolute Gasteiger partial charge is 0.150 e. The number of anilines is 1. The minimum atomic E-state index is 0.409. The first-order valence-corrected chi connectivity index (χ1v) is 8.11. The van der Waals surface area contributed by atoms with Crippen molar-refractivity contribution in [2.24, 2.45) is 0 Å². The highest BCUT2D eigenvalue weighted by atomic mass is 79.9. The summed E-state index contributed by atoms with van der Waals surface area (Å²) in [6.07, 6.45) is 6.62. The van der Waals surface area contributed by atoms with Crippen LogP contribution in [0.3, 0.4) is 0 Å². The number of halogens is 1. The number of rotatable bonds is 2. The van der Waals surface area contributed by atoms with Gasteiger partial charge in [-0.3, -0.25) is 4.68 Å². The Morgan fingerprint density at radius 2 is 2.30 bits per heavy atom. The van der Waals surface area contributed by atoms with Gasteiger partial charge >= 0.3 is 0 Å². The Bertz CT molecular complexity index is 752. The highest BCUT2D eigenvalue weighted by Crippen LogP contribution is 2.32. The van der Waals surface area contributed by atoms with Crippen LogP contribution >= 0.6 is 27.3 Å². The number of thiophene rings is 1. The molecule has 1 unspecified atom stereocenters. The van der Waals surface area contributed by atoms with Gasteiger partial charge in [-0.05, 0) is 33.8 Å². The summed E-state index contributed by atoms with van der Waals surface area (Å²) in [5.74, 6) is 1.05. The van der Waals surface area contributed by atoms with Gasteiger partial charge in [0, 0.05) is 19.3 Å². The zero-order valence-corrected chi connectivity index (χ0v) is 13.0. The Hall–Kier alpha value is -1.47. The summed E-state index contributed by atoms with van der Waals surface area (Å²) in [6.45, 7) is 1.95. The molecule has 1 aliphatic heterocycles. The van der Waals surface area contributed by atoms with Crippen LogP contribution in [0.15, 0.2) is 34.6 Å². The number of aromatic nitrogens is 4. The van der Waals surface area contributed by atoms with Crippen molar-refractivity contribution in [3.05, 3.63) is 34.6 Å². The van der Waals surface area contributed by atoms with Gasteiger partial charge < -0.3 is 4.90 Å². The number of fused-ring (bicyclic) bond motifs is 1. The molecule has 1 fully saturated rings. The van der Waals surface area contributed by atoms with Gasteiger partial charge in [0.05, 0.1) is 26.9 Å². The molecule has 1 aliphatic rings. The second-order valence-corrected chi connectivity index (χ2v) is 6.69. The summed E-state index contributed by atoms with van der Waals surface area (Å²) in [6, 6.07) is 2.45. The van der Waals surface area contributed by atoms with Crippen LogP contribution in [0.4, 0.5) is 5.82 Å². The van der Waals surface area contributed by atoms with E-state index in [1.165, 1.54) is 4.70 Å². The van der Waals surface area contributed by atoms with Gasteiger partial charge in [0.2, 0.25) is 0 Å². The van der Waals surface area contributed by atoms with Gasteiger partial charge in [0.25, 0.3) is 0 Å². The molecule has 0 spiro atoms. The van der Waals surface area contributed by atoms with Gasteiger partial charge in [-0.25, -0.2) is 9.97 Å². The van der Waals surface area contributed by atoms with Gasteiger partial charge in [0.15, 0.2) is 0 Å². The fourth-order valence-electron chi connectivity index (χ4n) is 2.67. The van der Waals surface area contributed by atoms with Crippen LogP contribution < -0.4 is 4.90 Å². The van der Waals surface area contributed by atoms with Gasteiger partial charge in [-0.2, -0.15) is 5.10 Å². The fraction of sp³-hybridized carbons (Fsp3) is 0.308. The van der Waals surface area contributed by atoms with Crippen LogP contribution in [-0.4, -0.2) is 32.8 Å². The first-order chi connectivity index (χ1) is 9.81. The molecule has 3 aromatic rings. The van der Waals surface area contributed by atoms with E-state index < -0.39 is 0 Å². The van der Waals surface area contributed by atoms with Crippen molar-refractivity contribution in [3.63, 3.8) is 0 Å². The topological polar surface area (TPSA) is 46.8 Å². The molecule has 20 heavy (non-hydrogen) atoms. The highest BCUT2D eigenvalue weighted by molar-refractivity contribution is 9.10. The largest absolute Gasteiger partial charge is 0.353 e. The molecule has 1 atom stereocenters. The quantitative estimate of drug-likeness (QED) is 0.713. The Labute approximate surface area is 128 Å². The Morgan fingerprint density at radius 1 is 1.35 bits per heavy atom. The maximum absolute atomic E-state index is 4.48. The summed E-state index contributed by atoms with van der Waals surface area (Å²) in [7, 11) is 0. The van der Waals surface area contributed by atoms with E-state index in [4.69, 9.17) is 0 Å². The molecule has 4 rings (SSSR count). The van der Waals surface area contributed by atoms with E-state index in [2.05, 4.69) is 41.3 Å². The molecular weight excluding hydrogens is 338 g/mol. The molecule has 0 aromatic carbocycles. The highest BCUT2D eigenvalue weighted by Gasteiger charge is 2.26. The molecule has 4 heterocycles. The van der Waals surface area contributed by atoms with Crippen LogP contribution in [0.2, 0.25) is 0 Å². The predicted octanol–water partition coefficient (Wildman–Crippen LogP) is 3.10. The molecular formula is C13H12BrN5S. The molecule has 0 saturated carbocycles. The first-order valence-electron chi connectivity index (χ1n) is 6.44. The molecule has 0 radical (unpaired) electrons. The minimum Gasteiger partial charge on any atom is -0.353 e. The average Bonchev–Trinajstić information content (AvgIpc) is 3.17. The lowest BCUT2D eigenvalue weighted by atomic mass is 10.3. The number of nitrogens with zero attached hydrogens (tertiary/aromatic N) is 5. The Kier molecular flexibility index (Phi) is 2.96. The van der Waals surface area contributed by atoms with Crippen molar-refractivity contribution >= 4 is 43.3 Å². The van der Waals surface area contributed by atoms with E-state index in [0.717, 1.165) is 35.3 Å². The molecule has 7 heteroatoms. The summed E-state index contributed by atoms with van der Waals surface area (Å²) < 4.78 is 4.24. The standard InChI is InChI=1S/C13H12BrN5S/c14-9-5-17-19(6-9)10-1-3-18(7-10)13-12-11(2-4-20-12)15-8-16-13/h2,4-6,8,10H,1,3,7H2. The second-order valence-electron chi connectivity index (χ2n) is 4.86. The van der Waals surface area contributed by atoms with E-state index in [1.54, 1.807) is 17.7 Å². The summed E-state index contributed by atoms with van der Waals surface area (Å²) >= 11 is 5.16. The third-order valence-corrected chi connectivity index (χ3v) is 4.94. The zero-order chi connectivity index (χ0) is 13.5. The number of hydrogen-bond donors (Lipinski definition) is 0. The van der Waals surface area contributed by atoms with Crippen molar-refractivity contribution in [3.8, 4) is 0 Å². The van der Waals surface area contributed by atoms with Gasteiger partial charge in [0.1, 0.15) is 12.1 Å². The van der Waals surface area contributed by atoms with E-state index in [1.807, 2.05) is 23.1 Å². The minimum absolute atomic E-state index is 0.409. The maximum atomic E-state index is 4.48. The third-order valence-electron chi connectivity index (χ3n) is 3.63. The fourth-order valence-corrected chi connectivity index (χ4v) is 3.83. The molecule has 3 aromatic heterocycles. The summed E-state index contributed by atoms with van der Waals surface area (Å²) in [4.78, 5) is 11.1. The summed E-state index contributed by atoms with van der Waals surface area (Å²) in [5, 5.41) is 6.46. The van der Waals surface area contributed by atoms with Crippen molar-refractivity contribution in [1.29, 1.82) is 0 Å². The predicted molar refractivity (Wildman–Crippen MR) is 83.2 cm³/mol. The summed E-state index contributed by atoms with van der Waals surface area (Å²) in [5.41, 5.74) is 1.03. The van der Waals surface area contributed by atoms with Gasteiger partial charge in [-0.15, -0.1) is 11.3 Å². The lowest BCUT2D eigenvalue weighted by molar-refractivity contribution is 0.494. The molecule has 0 bridgehead atoms. The normalized spacial score (nSPS) is 19.1. The Morgan fingerprint density at radius 3 is 3.15 bits per heavy atom. The van der Waals surface area contributed by atoms with Gasteiger partial charge in [-0.1, -0.05) is 0 Å². The van der Waals surface area contributed by atoms with Crippen LogP contribution in [0.5, 0.6) is 0 Å². The van der Waals surface area contributed by atoms with E-state index in [9.17, 15) is 0 Å².